The van der Waals surface area contributed by atoms with Crippen molar-refractivity contribution in [3.05, 3.63) is 30.1 Å². The summed E-state index contributed by atoms with van der Waals surface area (Å²) >= 11 is 0. The average molecular weight is 223 g/mol. The zero-order valence-corrected chi connectivity index (χ0v) is 9.63. The Morgan fingerprint density at radius 1 is 1.31 bits per heavy atom. The molecule has 88 valence electrons. The molecule has 0 amide bonds. The zero-order valence-electron chi connectivity index (χ0n) is 9.63. The summed E-state index contributed by atoms with van der Waals surface area (Å²) in [5.41, 5.74) is 0.816. The van der Waals surface area contributed by atoms with E-state index in [0.717, 1.165) is 32.6 Å². The van der Waals surface area contributed by atoms with E-state index in [1.807, 2.05) is 6.07 Å². The largest absolute Gasteiger partial charge is 0.382 e. The predicted molar refractivity (Wildman–Crippen MR) is 63.0 cm³/mol. The van der Waals surface area contributed by atoms with E-state index in [0.29, 0.717) is 5.69 Å². The highest BCUT2D eigenvalue weighted by Crippen LogP contribution is 2.30. The van der Waals surface area contributed by atoms with E-state index in [1.54, 1.807) is 12.1 Å². The molecule has 16 heavy (non-hydrogen) atoms. The Balaban J connectivity index is 1.94. The van der Waals surface area contributed by atoms with Crippen molar-refractivity contribution in [2.24, 2.45) is 5.41 Å². The Kier molecular flexibility index (Phi) is 3.44. The van der Waals surface area contributed by atoms with E-state index >= 15 is 0 Å². The number of rotatable bonds is 3. The third kappa shape index (κ3) is 2.73. The van der Waals surface area contributed by atoms with Crippen molar-refractivity contribution >= 4 is 5.69 Å². The highest BCUT2D eigenvalue weighted by molar-refractivity contribution is 5.44. The molecule has 1 fully saturated rings. The van der Waals surface area contributed by atoms with Crippen LogP contribution in [0.5, 0.6) is 0 Å². The number of benzene rings is 1. The summed E-state index contributed by atoms with van der Waals surface area (Å²) in [7, 11) is 0. The van der Waals surface area contributed by atoms with E-state index in [9.17, 15) is 4.39 Å². The quantitative estimate of drug-likeness (QED) is 0.850. The zero-order chi connectivity index (χ0) is 11.4. The fourth-order valence-electron chi connectivity index (χ4n) is 1.95. The summed E-state index contributed by atoms with van der Waals surface area (Å²) in [5, 5.41) is 3.19. The van der Waals surface area contributed by atoms with Gasteiger partial charge in [0.15, 0.2) is 0 Å². The average Bonchev–Trinajstić information content (AvgIpc) is 2.29. The second kappa shape index (κ2) is 4.83. The van der Waals surface area contributed by atoms with Gasteiger partial charge in [0.25, 0.3) is 0 Å². The molecule has 1 N–H and O–H groups in total. The highest BCUT2D eigenvalue weighted by Gasteiger charge is 2.27. The van der Waals surface area contributed by atoms with Crippen molar-refractivity contribution in [2.75, 3.05) is 25.1 Å². The monoisotopic (exact) mass is 223 g/mol. The molecule has 3 heteroatoms. The third-order valence-electron chi connectivity index (χ3n) is 3.28. The van der Waals surface area contributed by atoms with Crippen molar-refractivity contribution in [3.63, 3.8) is 0 Å². The molecule has 0 saturated carbocycles. The second-order valence-electron chi connectivity index (χ2n) is 4.76. The summed E-state index contributed by atoms with van der Waals surface area (Å²) < 4.78 is 18.7. The minimum Gasteiger partial charge on any atom is -0.382 e. The van der Waals surface area contributed by atoms with Gasteiger partial charge in [-0.25, -0.2) is 4.39 Å². The van der Waals surface area contributed by atoms with Gasteiger partial charge >= 0.3 is 0 Å². The van der Waals surface area contributed by atoms with Crippen LogP contribution in [0.1, 0.15) is 19.8 Å². The molecule has 2 nitrogen and oxygen atoms in total. The van der Waals surface area contributed by atoms with Gasteiger partial charge in [-0.05, 0) is 30.4 Å². The molecule has 1 aliphatic rings. The number of hydrogen-bond acceptors (Lipinski definition) is 2. The van der Waals surface area contributed by atoms with Gasteiger partial charge in [-0.3, -0.25) is 0 Å². The van der Waals surface area contributed by atoms with Crippen LogP contribution in [-0.2, 0) is 4.74 Å². The van der Waals surface area contributed by atoms with Crippen molar-refractivity contribution in [3.8, 4) is 0 Å². The summed E-state index contributed by atoms with van der Waals surface area (Å²) in [4.78, 5) is 0. The molecule has 1 heterocycles. The lowest BCUT2D eigenvalue weighted by atomic mass is 9.82. The number of para-hydroxylation sites is 1. The van der Waals surface area contributed by atoms with E-state index in [4.69, 9.17) is 4.74 Å². The summed E-state index contributed by atoms with van der Waals surface area (Å²) in [6.45, 7) is 4.66. The normalized spacial score (nSPS) is 19.4. The van der Waals surface area contributed by atoms with Gasteiger partial charge in [0.2, 0.25) is 0 Å². The number of halogens is 1. The molecule has 1 aliphatic heterocycles. The SMILES string of the molecule is CC1(CNc2ccccc2F)CCOCC1. The lowest BCUT2D eigenvalue weighted by Gasteiger charge is -2.33. The molecule has 0 atom stereocenters. The Morgan fingerprint density at radius 2 is 2.00 bits per heavy atom. The lowest BCUT2D eigenvalue weighted by Crippen LogP contribution is -2.33. The van der Waals surface area contributed by atoms with Gasteiger partial charge in [0.05, 0.1) is 5.69 Å². The van der Waals surface area contributed by atoms with E-state index in [1.165, 1.54) is 6.07 Å². The number of ether oxygens (including phenoxy) is 1. The fraction of sp³-hybridized carbons (Fsp3) is 0.538. The molecule has 1 saturated heterocycles. The summed E-state index contributed by atoms with van der Waals surface area (Å²) in [5.74, 6) is -0.182. The molecule has 0 unspecified atom stereocenters. The standard InChI is InChI=1S/C13H18FNO/c1-13(6-8-16-9-7-13)10-15-12-5-3-2-4-11(12)14/h2-5,15H,6-10H2,1H3. The van der Waals surface area contributed by atoms with Gasteiger partial charge < -0.3 is 10.1 Å². The molecular formula is C13H18FNO. The Hall–Kier alpha value is -1.09. The van der Waals surface area contributed by atoms with Crippen molar-refractivity contribution in [1.82, 2.24) is 0 Å². The first kappa shape index (κ1) is 11.4. The van der Waals surface area contributed by atoms with Gasteiger partial charge in [0, 0.05) is 19.8 Å². The van der Waals surface area contributed by atoms with Gasteiger partial charge in [-0.2, -0.15) is 0 Å². The van der Waals surface area contributed by atoms with Crippen molar-refractivity contribution < 1.29 is 9.13 Å². The van der Waals surface area contributed by atoms with E-state index < -0.39 is 0 Å². The van der Waals surface area contributed by atoms with Crippen LogP contribution in [-0.4, -0.2) is 19.8 Å². The lowest BCUT2D eigenvalue weighted by molar-refractivity contribution is 0.0300. The summed E-state index contributed by atoms with van der Waals surface area (Å²) in [6, 6.07) is 6.81. The van der Waals surface area contributed by atoms with Crippen LogP contribution in [0.2, 0.25) is 0 Å². The first-order valence-electron chi connectivity index (χ1n) is 5.76. The maximum atomic E-state index is 13.4. The second-order valence-corrected chi connectivity index (χ2v) is 4.76. The molecule has 0 bridgehead atoms. The summed E-state index contributed by atoms with van der Waals surface area (Å²) in [6.07, 6.45) is 2.07. The first-order chi connectivity index (χ1) is 7.70. The minimum atomic E-state index is -0.182. The molecular weight excluding hydrogens is 205 g/mol. The Labute approximate surface area is 95.8 Å². The van der Waals surface area contributed by atoms with Crippen LogP contribution in [0.25, 0.3) is 0 Å². The van der Waals surface area contributed by atoms with Crippen LogP contribution >= 0.6 is 0 Å². The fourth-order valence-corrected chi connectivity index (χ4v) is 1.95. The molecule has 2 rings (SSSR count). The Morgan fingerprint density at radius 3 is 2.69 bits per heavy atom. The van der Waals surface area contributed by atoms with Crippen LogP contribution in [0.15, 0.2) is 24.3 Å². The molecule has 0 radical (unpaired) electrons. The minimum absolute atomic E-state index is 0.182. The van der Waals surface area contributed by atoms with Gasteiger partial charge in [0.1, 0.15) is 5.82 Å². The first-order valence-corrected chi connectivity index (χ1v) is 5.76. The topological polar surface area (TPSA) is 21.3 Å². The number of hydrogen-bond donors (Lipinski definition) is 1. The number of nitrogens with one attached hydrogen (secondary N) is 1. The van der Waals surface area contributed by atoms with E-state index in [-0.39, 0.29) is 11.2 Å². The van der Waals surface area contributed by atoms with Crippen LogP contribution < -0.4 is 5.32 Å². The predicted octanol–water partition coefficient (Wildman–Crippen LogP) is 3.05. The maximum absolute atomic E-state index is 13.4. The van der Waals surface area contributed by atoms with Crippen molar-refractivity contribution in [2.45, 2.75) is 19.8 Å². The molecule has 1 aromatic carbocycles. The molecule has 0 spiro atoms. The van der Waals surface area contributed by atoms with Crippen LogP contribution in [0.3, 0.4) is 0 Å². The third-order valence-corrected chi connectivity index (χ3v) is 3.28. The highest BCUT2D eigenvalue weighted by atomic mass is 19.1. The van der Waals surface area contributed by atoms with Gasteiger partial charge in [-0.1, -0.05) is 19.1 Å². The van der Waals surface area contributed by atoms with Crippen LogP contribution in [0, 0.1) is 11.2 Å². The van der Waals surface area contributed by atoms with Gasteiger partial charge in [-0.15, -0.1) is 0 Å². The number of anilines is 1. The Bertz CT molecular complexity index is 348. The molecule has 0 aromatic heterocycles. The maximum Gasteiger partial charge on any atom is 0.146 e. The molecule has 1 aromatic rings. The van der Waals surface area contributed by atoms with E-state index in [2.05, 4.69) is 12.2 Å². The molecule has 0 aliphatic carbocycles. The smallest absolute Gasteiger partial charge is 0.146 e. The van der Waals surface area contributed by atoms with Crippen molar-refractivity contribution in [1.29, 1.82) is 0 Å². The van der Waals surface area contributed by atoms with Crippen LogP contribution in [0.4, 0.5) is 10.1 Å².